The molecule has 0 aliphatic carbocycles. The molecular weight excluding hydrogens is 514 g/mol. The van der Waals surface area contributed by atoms with Gasteiger partial charge in [-0.1, -0.05) is 53.2 Å². The number of nitrogens with zero attached hydrogens (tertiary/aromatic N) is 4. The van der Waals surface area contributed by atoms with Gasteiger partial charge in [-0.2, -0.15) is 0 Å². The number of amides is 1. The number of hydrogen-bond acceptors (Lipinski definition) is 7. The Hall–Kier alpha value is -3.89. The van der Waals surface area contributed by atoms with Crippen molar-refractivity contribution in [1.82, 2.24) is 20.1 Å². The van der Waals surface area contributed by atoms with Crippen LogP contribution in [0.1, 0.15) is 40.3 Å². The summed E-state index contributed by atoms with van der Waals surface area (Å²) in [7, 11) is 1.63. The quantitative estimate of drug-likeness (QED) is 0.160. The largest absolute Gasteiger partial charge is 0.497 e. The summed E-state index contributed by atoms with van der Waals surface area (Å²) in [5.41, 5.74) is 2.98. The molecule has 4 rings (SSSR count). The summed E-state index contributed by atoms with van der Waals surface area (Å²) in [4.78, 5) is 23.4. The first-order valence-electron chi connectivity index (χ1n) is 11.3. The molecule has 0 saturated heterocycles. The molecule has 0 bridgehead atoms. The summed E-state index contributed by atoms with van der Waals surface area (Å²) in [6.07, 6.45) is 0. The summed E-state index contributed by atoms with van der Waals surface area (Å²) in [5.74, 6) is 1.47. The van der Waals surface area contributed by atoms with Gasteiger partial charge in [-0.05, 0) is 49.7 Å². The van der Waals surface area contributed by atoms with Crippen LogP contribution in [0.3, 0.4) is 0 Å². The Morgan fingerprint density at radius 2 is 1.92 bits per heavy atom. The van der Waals surface area contributed by atoms with Crippen LogP contribution in [0.4, 0.5) is 5.69 Å². The number of thioether (sulfide) groups is 1. The van der Waals surface area contributed by atoms with Crippen molar-refractivity contribution < 1.29 is 14.5 Å². The summed E-state index contributed by atoms with van der Waals surface area (Å²) in [6.45, 7) is 3.80. The van der Waals surface area contributed by atoms with Gasteiger partial charge in [0.25, 0.3) is 11.6 Å². The fraction of sp³-hybridized carbons (Fsp3) is 0.192. The van der Waals surface area contributed by atoms with Crippen molar-refractivity contribution in [2.45, 2.75) is 30.8 Å². The van der Waals surface area contributed by atoms with E-state index in [1.807, 2.05) is 60.0 Å². The van der Waals surface area contributed by atoms with E-state index in [9.17, 15) is 14.9 Å². The van der Waals surface area contributed by atoms with Crippen molar-refractivity contribution in [2.75, 3.05) is 7.11 Å². The van der Waals surface area contributed by atoms with Gasteiger partial charge < -0.3 is 10.1 Å². The molecule has 0 aliphatic rings. The minimum absolute atomic E-state index is 0.00608. The van der Waals surface area contributed by atoms with Crippen LogP contribution in [-0.4, -0.2) is 32.7 Å². The molecule has 190 valence electrons. The normalized spacial score (nSPS) is 11.7. The molecule has 0 spiro atoms. The van der Waals surface area contributed by atoms with Crippen molar-refractivity contribution in [3.05, 3.63) is 104 Å². The molecule has 0 radical (unpaired) electrons. The zero-order chi connectivity index (χ0) is 26.5. The van der Waals surface area contributed by atoms with E-state index in [0.29, 0.717) is 16.7 Å². The number of non-ortho nitro benzene ring substituents is 1. The summed E-state index contributed by atoms with van der Waals surface area (Å²) < 4.78 is 7.23. The van der Waals surface area contributed by atoms with Crippen LogP contribution in [0.5, 0.6) is 5.75 Å². The average Bonchev–Trinajstić information content (AvgIpc) is 3.32. The number of halogens is 1. The zero-order valence-electron chi connectivity index (χ0n) is 20.3. The highest BCUT2D eigenvalue weighted by atomic mass is 35.5. The summed E-state index contributed by atoms with van der Waals surface area (Å²) >= 11 is 7.67. The number of nitro benzene ring substituents is 1. The Balaban J connectivity index is 1.61. The Morgan fingerprint density at radius 3 is 2.59 bits per heavy atom. The number of ether oxygens (including phenoxy) is 1. The van der Waals surface area contributed by atoms with Gasteiger partial charge in [0.1, 0.15) is 5.75 Å². The molecule has 0 aliphatic heterocycles. The van der Waals surface area contributed by atoms with E-state index >= 15 is 0 Å². The first-order valence-corrected chi connectivity index (χ1v) is 12.7. The molecule has 9 nitrogen and oxygen atoms in total. The lowest BCUT2D eigenvalue weighted by atomic mass is 10.1. The van der Waals surface area contributed by atoms with Gasteiger partial charge >= 0.3 is 0 Å². The number of hydrogen-bond donors (Lipinski definition) is 1. The van der Waals surface area contributed by atoms with E-state index in [0.717, 1.165) is 28.6 Å². The maximum absolute atomic E-state index is 13.0. The third kappa shape index (κ3) is 6.10. The Labute approximate surface area is 223 Å². The molecule has 1 atom stereocenters. The highest BCUT2D eigenvalue weighted by molar-refractivity contribution is 7.98. The lowest BCUT2D eigenvalue weighted by molar-refractivity contribution is -0.384. The maximum Gasteiger partial charge on any atom is 0.270 e. The van der Waals surface area contributed by atoms with Gasteiger partial charge in [-0.15, -0.1) is 10.2 Å². The number of nitrogens with one attached hydrogen (secondary N) is 1. The molecule has 1 amide bonds. The van der Waals surface area contributed by atoms with Gasteiger partial charge in [0.2, 0.25) is 0 Å². The second-order valence-corrected chi connectivity index (χ2v) is 9.62. The predicted octanol–water partition coefficient (Wildman–Crippen LogP) is 5.93. The number of nitro groups is 1. The van der Waals surface area contributed by atoms with Crippen LogP contribution in [0, 0.1) is 17.0 Å². The van der Waals surface area contributed by atoms with Crippen molar-refractivity contribution >= 4 is 35.0 Å². The van der Waals surface area contributed by atoms with Crippen LogP contribution < -0.4 is 10.1 Å². The molecule has 1 N–H and O–H groups in total. The SMILES string of the molecule is COc1cccc(CSc2nnc(C(C)NC(=O)c3ccc([N+](=O)[O-])cc3Cl)n2-c2ccc(C)cc2)c1. The number of carbonyl (C=O) groups excluding carboxylic acids is 1. The van der Waals surface area contributed by atoms with Crippen LogP contribution in [0.2, 0.25) is 5.02 Å². The van der Waals surface area contributed by atoms with Gasteiger partial charge in [0.05, 0.1) is 28.7 Å². The zero-order valence-corrected chi connectivity index (χ0v) is 21.9. The maximum atomic E-state index is 13.0. The Morgan fingerprint density at radius 1 is 1.16 bits per heavy atom. The second kappa shape index (κ2) is 11.4. The number of methoxy groups -OCH3 is 1. The first-order chi connectivity index (χ1) is 17.8. The van der Waals surface area contributed by atoms with E-state index in [1.54, 1.807) is 14.0 Å². The van der Waals surface area contributed by atoms with Crippen LogP contribution in [0.15, 0.2) is 71.9 Å². The molecular formula is C26H24ClN5O4S. The van der Waals surface area contributed by atoms with Crippen molar-refractivity contribution in [3.63, 3.8) is 0 Å². The second-order valence-electron chi connectivity index (χ2n) is 8.27. The third-order valence-electron chi connectivity index (χ3n) is 5.60. The van der Waals surface area contributed by atoms with Gasteiger partial charge in [-0.3, -0.25) is 19.5 Å². The number of rotatable bonds is 9. The minimum atomic E-state index is -0.565. The molecule has 1 aromatic heterocycles. The van der Waals surface area contributed by atoms with E-state index in [4.69, 9.17) is 16.3 Å². The fourth-order valence-corrected chi connectivity index (χ4v) is 4.80. The highest BCUT2D eigenvalue weighted by Crippen LogP contribution is 2.29. The minimum Gasteiger partial charge on any atom is -0.497 e. The van der Waals surface area contributed by atoms with E-state index < -0.39 is 16.9 Å². The molecule has 37 heavy (non-hydrogen) atoms. The highest BCUT2D eigenvalue weighted by Gasteiger charge is 2.23. The third-order valence-corrected chi connectivity index (χ3v) is 6.91. The Bertz CT molecular complexity index is 1440. The molecule has 3 aromatic carbocycles. The van der Waals surface area contributed by atoms with E-state index in [1.165, 1.54) is 23.9 Å². The van der Waals surface area contributed by atoms with E-state index in [2.05, 4.69) is 15.5 Å². The standard InChI is InChI=1S/C26H24ClN5O4S/c1-16-7-9-19(10-8-16)31-24(29-30-26(31)37-15-18-5-4-6-21(13-18)36-3)17(2)28-25(33)22-12-11-20(32(34)35)14-23(22)27/h4-14,17H,15H2,1-3H3,(H,28,33). The van der Waals surface area contributed by atoms with Gasteiger partial charge in [0, 0.05) is 23.6 Å². The van der Waals surface area contributed by atoms with Crippen molar-refractivity contribution in [3.8, 4) is 11.4 Å². The molecule has 1 unspecified atom stereocenters. The molecule has 11 heteroatoms. The average molecular weight is 538 g/mol. The van der Waals surface area contributed by atoms with Crippen LogP contribution in [0.25, 0.3) is 5.69 Å². The van der Waals surface area contributed by atoms with Gasteiger partial charge in [0.15, 0.2) is 11.0 Å². The molecule has 1 heterocycles. The smallest absolute Gasteiger partial charge is 0.270 e. The molecule has 0 saturated carbocycles. The fourth-order valence-electron chi connectivity index (χ4n) is 3.64. The van der Waals surface area contributed by atoms with Crippen molar-refractivity contribution in [2.24, 2.45) is 0 Å². The number of aryl methyl sites for hydroxylation is 1. The lowest BCUT2D eigenvalue weighted by Crippen LogP contribution is -2.29. The lowest BCUT2D eigenvalue weighted by Gasteiger charge is -2.17. The van der Waals surface area contributed by atoms with Crippen LogP contribution >= 0.6 is 23.4 Å². The Kier molecular flexibility index (Phi) is 8.10. The van der Waals surface area contributed by atoms with Crippen LogP contribution in [-0.2, 0) is 5.75 Å². The first kappa shape index (κ1) is 26.2. The summed E-state index contributed by atoms with van der Waals surface area (Å²) in [6, 6.07) is 18.9. The number of aromatic nitrogens is 3. The summed E-state index contributed by atoms with van der Waals surface area (Å²) in [5, 5.41) is 23.3. The van der Waals surface area contributed by atoms with Gasteiger partial charge in [-0.25, -0.2) is 0 Å². The molecule has 4 aromatic rings. The predicted molar refractivity (Wildman–Crippen MR) is 143 cm³/mol. The number of carbonyl (C=O) groups is 1. The monoisotopic (exact) mass is 537 g/mol. The number of benzene rings is 3. The molecule has 0 fully saturated rings. The topological polar surface area (TPSA) is 112 Å². The van der Waals surface area contributed by atoms with Crippen molar-refractivity contribution in [1.29, 1.82) is 0 Å². The van der Waals surface area contributed by atoms with E-state index in [-0.39, 0.29) is 16.3 Å².